The molecule has 1 amide bonds. The van der Waals surface area contributed by atoms with Crippen molar-refractivity contribution in [3.63, 3.8) is 0 Å². The zero-order chi connectivity index (χ0) is 28.9. The maximum atomic E-state index is 13.0. The molecule has 3 aromatic heterocycles. The Morgan fingerprint density at radius 1 is 1.00 bits per heavy atom. The zero-order valence-electron chi connectivity index (χ0n) is 21.3. The number of ether oxygens (including phenoxy) is 1. The van der Waals surface area contributed by atoms with Crippen LogP contribution in [0.15, 0.2) is 31.0 Å². The lowest BCUT2D eigenvalue weighted by Gasteiger charge is -2.45. The van der Waals surface area contributed by atoms with E-state index in [0.717, 1.165) is 0 Å². The molecule has 1 saturated carbocycles. The number of carbonyl (C=O) groups excluding carboxylic acids is 1. The summed E-state index contributed by atoms with van der Waals surface area (Å²) < 4.78 is 54.8. The molecule has 0 radical (unpaired) electrons. The zero-order valence-corrected chi connectivity index (χ0v) is 23.1. The third-order valence-electron chi connectivity index (χ3n) is 7.57. The third-order valence-corrected chi connectivity index (χ3v) is 9.54. The van der Waals surface area contributed by atoms with Crippen LogP contribution in [0.2, 0.25) is 0 Å². The van der Waals surface area contributed by atoms with Gasteiger partial charge in [-0.2, -0.15) is 0 Å². The first-order valence-corrected chi connectivity index (χ1v) is 15.6. The summed E-state index contributed by atoms with van der Waals surface area (Å²) in [5.41, 5.74) is 12.7. The maximum absolute atomic E-state index is 13.0. The molecule has 19 heteroatoms. The van der Waals surface area contributed by atoms with Crippen LogP contribution in [-0.2, 0) is 32.0 Å². The molecule has 0 spiro atoms. The minimum atomic E-state index is -4.61. The Labute approximate surface area is 232 Å². The molecule has 17 nitrogen and oxygen atoms in total. The number of aromatic nitrogens is 5. The van der Waals surface area contributed by atoms with Gasteiger partial charge in [0.05, 0.1) is 26.1 Å². The van der Waals surface area contributed by atoms with Crippen molar-refractivity contribution >= 4 is 38.5 Å². The second-order valence-corrected chi connectivity index (χ2v) is 12.9. The predicted molar refractivity (Wildman–Crippen MR) is 138 cm³/mol. The second kappa shape index (κ2) is 10.8. The van der Waals surface area contributed by atoms with Crippen molar-refractivity contribution in [2.45, 2.75) is 37.2 Å². The fourth-order valence-corrected chi connectivity index (χ4v) is 7.21. The topological polar surface area (TPSA) is 246 Å². The highest BCUT2D eigenvalue weighted by Crippen LogP contribution is 2.55. The highest BCUT2D eigenvalue weighted by Gasteiger charge is 2.47. The van der Waals surface area contributed by atoms with Crippen LogP contribution >= 0.6 is 15.6 Å². The van der Waals surface area contributed by atoms with Crippen molar-refractivity contribution < 1.29 is 46.5 Å². The van der Waals surface area contributed by atoms with Crippen molar-refractivity contribution in [1.82, 2.24) is 24.5 Å². The van der Waals surface area contributed by atoms with Gasteiger partial charge in [-0.1, -0.05) is 0 Å². The number of phosphoric acid groups is 2. The number of nitrogens with two attached hydrogens (primary N) is 2. The highest BCUT2D eigenvalue weighted by atomic mass is 31.2. The monoisotopic (exact) mass is 611 g/mol. The number of anilines is 1. The standard InChI is InChI=1S/C22H27N7O10P2/c23-20-19-22(27-9-26-20)29(10-28-19)18-5-16-17(38-18)8-37-40(31,32)36-7-14-12(6-35-41(33,34)39-16)3-13(14)11-1-2-25-15(4-11)21(24)30/h1-2,4,9-10,12-14,16-18H,3,5-8H2,(H2,24,30)(H,31,32)(H,33,34)(H2,23,26,27)/t12?,13-,14+,16-,17+,18+/m0/s1. The average molecular weight is 611 g/mol. The quantitative estimate of drug-likeness (QED) is 0.304. The van der Waals surface area contributed by atoms with Crippen LogP contribution in [0.1, 0.15) is 41.0 Å². The number of imidazole rings is 1. The molecule has 6 N–H and O–H groups in total. The summed E-state index contributed by atoms with van der Waals surface area (Å²) in [6, 6.07) is 3.24. The highest BCUT2D eigenvalue weighted by molar-refractivity contribution is 7.47. The fourth-order valence-electron chi connectivity index (χ4n) is 5.44. The van der Waals surface area contributed by atoms with E-state index in [9.17, 15) is 23.7 Å². The number of pyridine rings is 1. The Kier molecular flexibility index (Phi) is 7.43. The molecule has 3 unspecified atom stereocenters. The first-order valence-electron chi connectivity index (χ1n) is 12.6. The van der Waals surface area contributed by atoms with Crippen molar-refractivity contribution in [2.24, 2.45) is 17.6 Å². The second-order valence-electron chi connectivity index (χ2n) is 10.0. The Morgan fingerprint density at radius 3 is 2.59 bits per heavy atom. The average Bonchev–Trinajstić information content (AvgIpc) is 3.51. The van der Waals surface area contributed by atoms with Gasteiger partial charge in [-0.3, -0.25) is 32.4 Å². The van der Waals surface area contributed by atoms with Crippen LogP contribution < -0.4 is 11.5 Å². The summed E-state index contributed by atoms with van der Waals surface area (Å²) in [5, 5.41) is 0. The van der Waals surface area contributed by atoms with Crippen molar-refractivity contribution in [3.8, 4) is 0 Å². The Hall–Kier alpha value is -2.85. The van der Waals surface area contributed by atoms with Gasteiger partial charge in [0, 0.05) is 12.6 Å². The molecule has 3 fully saturated rings. The molecule has 3 aromatic rings. The van der Waals surface area contributed by atoms with E-state index in [4.69, 9.17) is 34.3 Å². The van der Waals surface area contributed by atoms with Gasteiger partial charge in [-0.25, -0.2) is 24.1 Å². The molecule has 2 saturated heterocycles. The summed E-state index contributed by atoms with van der Waals surface area (Å²) in [4.78, 5) is 48.8. The first kappa shape index (κ1) is 28.3. The van der Waals surface area contributed by atoms with Gasteiger partial charge in [0.15, 0.2) is 11.5 Å². The molecule has 1 aliphatic carbocycles. The number of nitrogens with zero attached hydrogens (tertiary/aromatic N) is 5. The van der Waals surface area contributed by atoms with Gasteiger partial charge in [-0.05, 0) is 41.9 Å². The van der Waals surface area contributed by atoms with E-state index in [1.807, 2.05) is 0 Å². The van der Waals surface area contributed by atoms with Gasteiger partial charge < -0.3 is 26.0 Å². The fraction of sp³-hybridized carbons (Fsp3) is 0.500. The number of hydrogen-bond donors (Lipinski definition) is 4. The van der Waals surface area contributed by atoms with Crippen LogP contribution in [-0.4, -0.2) is 72.2 Å². The summed E-state index contributed by atoms with van der Waals surface area (Å²) in [7, 11) is -9.19. The summed E-state index contributed by atoms with van der Waals surface area (Å²) >= 11 is 0. The van der Waals surface area contributed by atoms with Gasteiger partial charge in [0.25, 0.3) is 5.91 Å². The van der Waals surface area contributed by atoms with E-state index in [2.05, 4.69) is 19.9 Å². The smallest absolute Gasteiger partial charge is 0.382 e. The van der Waals surface area contributed by atoms with Crippen LogP contribution in [0.5, 0.6) is 0 Å². The molecule has 3 aliphatic rings. The number of phosphoric ester groups is 2. The summed E-state index contributed by atoms with van der Waals surface area (Å²) in [5.74, 6) is -1.50. The van der Waals surface area contributed by atoms with Crippen LogP contribution in [0.3, 0.4) is 0 Å². The number of rotatable bonds is 3. The van der Waals surface area contributed by atoms with E-state index in [-0.39, 0.29) is 43.0 Å². The normalized spacial score (nSPS) is 36.2. The number of primary amides is 1. The number of carbonyl (C=O) groups is 1. The van der Waals surface area contributed by atoms with E-state index in [1.54, 1.807) is 16.7 Å². The van der Waals surface area contributed by atoms with Gasteiger partial charge >= 0.3 is 15.6 Å². The lowest BCUT2D eigenvalue weighted by atomic mass is 9.63. The van der Waals surface area contributed by atoms with Crippen molar-refractivity contribution in [2.75, 3.05) is 25.6 Å². The SMILES string of the molecule is NC(=O)c1cc([C@@H]2CC3COP(=O)(O)O[C@H]4C[C@H](n5cnc6c(N)ncnc65)O[C@@H]4COP(=O)(O)OC[C@H]32)ccn1. The Morgan fingerprint density at radius 2 is 1.78 bits per heavy atom. The number of fused-ring (bicyclic) bond motifs is 3. The molecule has 8 atom stereocenters. The minimum Gasteiger partial charge on any atom is -0.382 e. The largest absolute Gasteiger partial charge is 0.472 e. The molecule has 0 bridgehead atoms. The molecule has 0 aromatic carbocycles. The van der Waals surface area contributed by atoms with E-state index in [1.165, 1.54) is 18.9 Å². The van der Waals surface area contributed by atoms with E-state index >= 15 is 0 Å². The van der Waals surface area contributed by atoms with Gasteiger partial charge in [-0.15, -0.1) is 0 Å². The molecule has 41 heavy (non-hydrogen) atoms. The molecule has 6 rings (SSSR count). The minimum absolute atomic E-state index is 0.0340. The van der Waals surface area contributed by atoms with Crippen LogP contribution in [0, 0.1) is 11.8 Å². The summed E-state index contributed by atoms with van der Waals surface area (Å²) in [6.45, 7) is -0.910. The molecule has 5 heterocycles. The van der Waals surface area contributed by atoms with Crippen LogP contribution in [0.4, 0.5) is 5.82 Å². The lowest BCUT2D eigenvalue weighted by molar-refractivity contribution is -0.0438. The summed E-state index contributed by atoms with van der Waals surface area (Å²) in [6.07, 6.45) is 1.72. The van der Waals surface area contributed by atoms with Gasteiger partial charge in [0.2, 0.25) is 0 Å². The van der Waals surface area contributed by atoms with Gasteiger partial charge in [0.1, 0.15) is 36.0 Å². The van der Waals surface area contributed by atoms with Crippen LogP contribution in [0.25, 0.3) is 11.2 Å². The van der Waals surface area contributed by atoms with Crippen molar-refractivity contribution in [1.29, 1.82) is 0 Å². The Bertz CT molecular complexity index is 1570. The third kappa shape index (κ3) is 5.78. The number of nitrogen functional groups attached to an aromatic ring is 1. The molecular weight excluding hydrogens is 584 g/mol. The van der Waals surface area contributed by atoms with E-state index < -0.39 is 52.5 Å². The molecule has 220 valence electrons. The number of amides is 1. The number of hydrogen-bond acceptors (Lipinski definition) is 13. The molecular formula is C22H27N7O10P2. The molecule has 2 aliphatic heterocycles. The lowest BCUT2D eigenvalue weighted by Crippen LogP contribution is -2.40. The first-order chi connectivity index (χ1) is 19.5. The Balaban J connectivity index is 1.21. The maximum Gasteiger partial charge on any atom is 0.472 e. The van der Waals surface area contributed by atoms with E-state index in [0.29, 0.717) is 23.1 Å². The predicted octanol–water partition coefficient (Wildman–Crippen LogP) is 1.26. The van der Waals surface area contributed by atoms with Crippen molar-refractivity contribution in [3.05, 3.63) is 42.2 Å².